The molecule has 29 heavy (non-hydrogen) atoms. The number of benzene rings is 1. The van der Waals surface area contributed by atoms with Gasteiger partial charge in [-0.2, -0.15) is 0 Å². The molecule has 0 spiro atoms. The molecular formula is C21H20O8. The number of carbonyl (C=O) groups is 1. The van der Waals surface area contributed by atoms with Gasteiger partial charge in [0, 0.05) is 11.1 Å². The molecule has 2 heterocycles. The third-order valence-electron chi connectivity index (χ3n) is 4.85. The van der Waals surface area contributed by atoms with E-state index in [0.29, 0.717) is 17.1 Å². The fraction of sp³-hybridized carbons (Fsp3) is 0.286. The number of ether oxygens (including phenoxy) is 3. The molecule has 1 aromatic rings. The Hall–Kier alpha value is -2.75. The largest absolute Gasteiger partial charge is 0.458 e. The molecule has 0 bridgehead atoms. The smallest absolute Gasteiger partial charge is 0.229 e. The normalized spacial score (nSPS) is 31.2. The van der Waals surface area contributed by atoms with Crippen molar-refractivity contribution in [2.45, 2.75) is 30.7 Å². The molecule has 1 fully saturated rings. The van der Waals surface area contributed by atoms with Crippen LogP contribution in [0.25, 0.3) is 6.08 Å². The van der Waals surface area contributed by atoms with Crippen molar-refractivity contribution in [3.63, 3.8) is 0 Å². The molecule has 0 saturated carbocycles. The Bertz CT molecular complexity index is 908. The van der Waals surface area contributed by atoms with E-state index in [0.717, 1.165) is 5.56 Å². The number of para-hydroxylation sites is 1. The summed E-state index contributed by atoms with van der Waals surface area (Å²) in [7, 11) is 0. The van der Waals surface area contributed by atoms with Gasteiger partial charge in [-0.25, -0.2) is 0 Å². The number of hydrogen-bond acceptors (Lipinski definition) is 8. The van der Waals surface area contributed by atoms with E-state index in [1.165, 1.54) is 12.2 Å². The average molecular weight is 400 g/mol. The predicted octanol–water partition coefficient (Wildman–Crippen LogP) is 0.186. The van der Waals surface area contributed by atoms with Gasteiger partial charge in [0.2, 0.25) is 6.29 Å². The van der Waals surface area contributed by atoms with Gasteiger partial charge in [-0.3, -0.25) is 4.79 Å². The molecule has 8 nitrogen and oxygen atoms in total. The molecule has 2 aliphatic heterocycles. The van der Waals surface area contributed by atoms with Crippen LogP contribution >= 0.6 is 0 Å². The second-order valence-corrected chi connectivity index (χ2v) is 6.82. The number of carbonyl (C=O) groups excluding carboxylic acids is 1. The summed E-state index contributed by atoms with van der Waals surface area (Å²) in [6.45, 7) is -0.565. The van der Waals surface area contributed by atoms with Gasteiger partial charge in [-0.05, 0) is 36.4 Å². The van der Waals surface area contributed by atoms with E-state index in [9.17, 15) is 25.2 Å². The van der Waals surface area contributed by atoms with Crippen LogP contribution in [0, 0.1) is 0 Å². The lowest BCUT2D eigenvalue weighted by molar-refractivity contribution is -0.291. The van der Waals surface area contributed by atoms with Crippen LogP contribution in [0.5, 0.6) is 5.75 Å². The van der Waals surface area contributed by atoms with E-state index >= 15 is 0 Å². The van der Waals surface area contributed by atoms with Gasteiger partial charge in [-0.1, -0.05) is 18.2 Å². The van der Waals surface area contributed by atoms with Crippen LogP contribution in [-0.4, -0.2) is 63.5 Å². The Labute approximate surface area is 166 Å². The maximum Gasteiger partial charge on any atom is 0.229 e. The summed E-state index contributed by atoms with van der Waals surface area (Å²) in [4.78, 5) is 11.5. The molecule has 5 atom stereocenters. The van der Waals surface area contributed by atoms with E-state index in [2.05, 4.69) is 0 Å². The highest BCUT2D eigenvalue weighted by atomic mass is 16.7. The molecule has 0 amide bonds. The lowest BCUT2D eigenvalue weighted by Gasteiger charge is -2.40. The molecule has 0 unspecified atom stereocenters. The van der Waals surface area contributed by atoms with Crippen molar-refractivity contribution >= 4 is 11.9 Å². The first kappa shape index (κ1) is 19.6. The second kappa shape index (κ2) is 7.94. The summed E-state index contributed by atoms with van der Waals surface area (Å²) >= 11 is 0. The minimum absolute atomic E-state index is 0.161. The predicted molar refractivity (Wildman–Crippen MR) is 100 cm³/mol. The molecule has 4 rings (SSSR count). The highest BCUT2D eigenvalue weighted by Crippen LogP contribution is 2.36. The van der Waals surface area contributed by atoms with Gasteiger partial charge >= 0.3 is 0 Å². The third kappa shape index (κ3) is 3.76. The van der Waals surface area contributed by atoms with Crippen molar-refractivity contribution in [2.24, 2.45) is 0 Å². The molecule has 0 aromatic heterocycles. The second-order valence-electron chi connectivity index (χ2n) is 6.82. The summed E-state index contributed by atoms with van der Waals surface area (Å²) in [6, 6.07) is 7.22. The summed E-state index contributed by atoms with van der Waals surface area (Å²) in [5.74, 6) is 0.910. The lowest BCUT2D eigenvalue weighted by atomic mass is 9.99. The van der Waals surface area contributed by atoms with Gasteiger partial charge in [0.1, 0.15) is 30.2 Å². The summed E-state index contributed by atoms with van der Waals surface area (Å²) in [5.41, 5.74) is 1.28. The molecule has 3 aliphatic rings. The fourth-order valence-electron chi connectivity index (χ4n) is 3.24. The SMILES string of the molecule is O=C1C=CC(=C2Oc3ccccc3C=C2O[C@@H]2O[C@H](CO)[C@@H](O)[C@H](O)[C@H]2O)C=C1. The van der Waals surface area contributed by atoms with Crippen LogP contribution in [0.4, 0.5) is 0 Å². The summed E-state index contributed by atoms with van der Waals surface area (Å²) in [6.07, 6.45) is 0.545. The molecule has 8 heteroatoms. The van der Waals surface area contributed by atoms with Crippen LogP contribution < -0.4 is 4.74 Å². The van der Waals surface area contributed by atoms with Crippen LogP contribution in [0.3, 0.4) is 0 Å². The Morgan fingerprint density at radius 3 is 2.41 bits per heavy atom. The number of rotatable bonds is 3. The van der Waals surface area contributed by atoms with Gasteiger partial charge in [0.25, 0.3) is 0 Å². The molecule has 152 valence electrons. The first-order valence-electron chi connectivity index (χ1n) is 9.08. The molecule has 0 radical (unpaired) electrons. The Kier molecular flexibility index (Phi) is 5.35. The van der Waals surface area contributed by atoms with Gasteiger partial charge in [-0.15, -0.1) is 0 Å². The van der Waals surface area contributed by atoms with Crippen molar-refractivity contribution in [3.05, 3.63) is 71.2 Å². The maximum atomic E-state index is 11.5. The standard InChI is InChI=1S/C21H20O8/c22-10-16-17(24)18(25)19(26)21(29-16)28-15-9-12-3-1-2-4-14(12)27-20(15)11-5-7-13(23)8-6-11/h1-9,16-19,21-22,24-26H,10H2/t16-,17-,18+,19-,21-/m1/s1. The molecule has 1 saturated heterocycles. The van der Waals surface area contributed by atoms with Crippen LogP contribution in [0.1, 0.15) is 5.56 Å². The number of ketones is 1. The van der Waals surface area contributed by atoms with E-state index in [1.807, 2.05) is 18.2 Å². The zero-order valence-corrected chi connectivity index (χ0v) is 15.2. The van der Waals surface area contributed by atoms with Crippen molar-refractivity contribution < 1.29 is 39.4 Å². The third-order valence-corrected chi connectivity index (χ3v) is 4.85. The van der Waals surface area contributed by atoms with Crippen molar-refractivity contribution in [2.75, 3.05) is 6.61 Å². The minimum atomic E-state index is -1.56. The first-order valence-corrected chi connectivity index (χ1v) is 9.08. The van der Waals surface area contributed by atoms with Gasteiger partial charge in [0.05, 0.1) is 6.61 Å². The maximum absolute atomic E-state index is 11.5. The van der Waals surface area contributed by atoms with Crippen molar-refractivity contribution in [1.82, 2.24) is 0 Å². The number of aliphatic hydroxyl groups is 4. The van der Waals surface area contributed by atoms with Gasteiger partial charge < -0.3 is 34.6 Å². The lowest BCUT2D eigenvalue weighted by Crippen LogP contribution is -2.59. The minimum Gasteiger partial charge on any atom is -0.458 e. The summed E-state index contributed by atoms with van der Waals surface area (Å²) < 4.78 is 17.2. The molecule has 1 aliphatic carbocycles. The van der Waals surface area contributed by atoms with Crippen LogP contribution in [0.2, 0.25) is 0 Å². The van der Waals surface area contributed by atoms with E-state index in [1.54, 1.807) is 24.3 Å². The Balaban J connectivity index is 1.70. The Morgan fingerprint density at radius 2 is 1.69 bits per heavy atom. The highest BCUT2D eigenvalue weighted by molar-refractivity contribution is 6.01. The molecule has 1 aromatic carbocycles. The van der Waals surface area contributed by atoms with Crippen molar-refractivity contribution in [3.8, 4) is 5.75 Å². The first-order chi connectivity index (χ1) is 14.0. The number of allylic oxidation sites excluding steroid dienone is 5. The zero-order valence-electron chi connectivity index (χ0n) is 15.2. The highest BCUT2D eigenvalue weighted by Gasteiger charge is 2.45. The monoisotopic (exact) mass is 400 g/mol. The van der Waals surface area contributed by atoms with Gasteiger partial charge in [0.15, 0.2) is 17.3 Å². The van der Waals surface area contributed by atoms with Crippen LogP contribution in [-0.2, 0) is 14.3 Å². The number of hydrogen-bond donors (Lipinski definition) is 4. The van der Waals surface area contributed by atoms with E-state index < -0.39 is 37.3 Å². The average Bonchev–Trinajstić information content (AvgIpc) is 2.74. The molecule has 4 N–H and O–H groups in total. The Morgan fingerprint density at radius 1 is 0.966 bits per heavy atom. The van der Waals surface area contributed by atoms with E-state index in [4.69, 9.17) is 14.2 Å². The van der Waals surface area contributed by atoms with Crippen LogP contribution in [0.15, 0.2) is 65.7 Å². The van der Waals surface area contributed by atoms with Crippen molar-refractivity contribution in [1.29, 1.82) is 0 Å². The zero-order chi connectivity index (χ0) is 20.5. The molecular weight excluding hydrogens is 380 g/mol. The number of fused-ring (bicyclic) bond motifs is 1. The number of aliphatic hydroxyl groups excluding tert-OH is 4. The fourth-order valence-corrected chi connectivity index (χ4v) is 3.24. The topological polar surface area (TPSA) is 126 Å². The quantitative estimate of drug-likeness (QED) is 0.567. The van der Waals surface area contributed by atoms with E-state index in [-0.39, 0.29) is 11.5 Å². The summed E-state index contributed by atoms with van der Waals surface area (Å²) in [5, 5.41) is 39.6.